The van der Waals surface area contributed by atoms with Crippen LogP contribution in [-0.2, 0) is 4.74 Å². The van der Waals surface area contributed by atoms with Crippen LogP contribution in [0.15, 0.2) is 18.2 Å². The first-order valence-corrected chi connectivity index (χ1v) is 5.78. The highest BCUT2D eigenvalue weighted by atomic mass is 16.5. The SMILES string of the molecule is COCCN(CCO)c1ccc(C(=O)O)c(C)c1. The molecule has 0 bridgehead atoms. The van der Waals surface area contributed by atoms with E-state index in [9.17, 15) is 4.79 Å². The van der Waals surface area contributed by atoms with Gasteiger partial charge in [-0.25, -0.2) is 4.79 Å². The lowest BCUT2D eigenvalue weighted by Crippen LogP contribution is -2.30. The predicted molar refractivity (Wildman–Crippen MR) is 69.3 cm³/mol. The van der Waals surface area contributed by atoms with Crippen molar-refractivity contribution in [2.75, 3.05) is 38.3 Å². The zero-order chi connectivity index (χ0) is 13.5. The van der Waals surface area contributed by atoms with Gasteiger partial charge in [0, 0.05) is 25.9 Å². The fraction of sp³-hybridized carbons (Fsp3) is 0.462. The lowest BCUT2D eigenvalue weighted by atomic mass is 10.1. The lowest BCUT2D eigenvalue weighted by Gasteiger charge is -2.24. The van der Waals surface area contributed by atoms with Gasteiger partial charge in [0.25, 0.3) is 0 Å². The van der Waals surface area contributed by atoms with E-state index in [-0.39, 0.29) is 6.61 Å². The number of nitrogens with zero attached hydrogens (tertiary/aromatic N) is 1. The maximum absolute atomic E-state index is 10.9. The van der Waals surface area contributed by atoms with Gasteiger partial charge in [-0.3, -0.25) is 0 Å². The highest BCUT2D eigenvalue weighted by molar-refractivity contribution is 5.89. The molecule has 0 amide bonds. The fourth-order valence-electron chi connectivity index (χ4n) is 1.78. The first-order chi connectivity index (χ1) is 8.60. The number of benzene rings is 1. The molecule has 0 aromatic heterocycles. The predicted octanol–water partition coefficient (Wildman–Crippen LogP) is 1.14. The van der Waals surface area contributed by atoms with Gasteiger partial charge in [-0.2, -0.15) is 0 Å². The molecular formula is C13H19NO4. The normalized spacial score (nSPS) is 10.4. The number of aliphatic hydroxyl groups excluding tert-OH is 1. The van der Waals surface area contributed by atoms with Crippen molar-refractivity contribution in [3.63, 3.8) is 0 Å². The van der Waals surface area contributed by atoms with Crippen LogP contribution in [0.2, 0.25) is 0 Å². The Morgan fingerprint density at radius 2 is 2.11 bits per heavy atom. The number of aryl methyl sites for hydroxylation is 1. The van der Waals surface area contributed by atoms with Gasteiger partial charge < -0.3 is 19.8 Å². The van der Waals surface area contributed by atoms with Gasteiger partial charge >= 0.3 is 5.97 Å². The number of carboxylic acid groups (broad SMARTS) is 1. The molecule has 5 nitrogen and oxygen atoms in total. The molecule has 0 fully saturated rings. The van der Waals surface area contributed by atoms with Crippen molar-refractivity contribution >= 4 is 11.7 Å². The molecule has 0 unspecified atom stereocenters. The summed E-state index contributed by atoms with van der Waals surface area (Å²) in [7, 11) is 1.62. The molecule has 0 radical (unpaired) electrons. The monoisotopic (exact) mass is 253 g/mol. The first-order valence-electron chi connectivity index (χ1n) is 5.78. The highest BCUT2D eigenvalue weighted by Gasteiger charge is 2.11. The molecule has 0 saturated heterocycles. The van der Waals surface area contributed by atoms with Crippen molar-refractivity contribution < 1.29 is 19.7 Å². The van der Waals surface area contributed by atoms with Crippen LogP contribution in [0.25, 0.3) is 0 Å². The summed E-state index contributed by atoms with van der Waals surface area (Å²) >= 11 is 0. The Hall–Kier alpha value is -1.59. The Kier molecular flexibility index (Phi) is 5.61. The number of methoxy groups -OCH3 is 1. The topological polar surface area (TPSA) is 70.0 Å². The molecule has 2 N–H and O–H groups in total. The third-order valence-electron chi connectivity index (χ3n) is 2.74. The Balaban J connectivity index is 2.91. The molecule has 5 heteroatoms. The highest BCUT2D eigenvalue weighted by Crippen LogP contribution is 2.19. The van der Waals surface area contributed by atoms with E-state index in [0.29, 0.717) is 30.8 Å². The minimum Gasteiger partial charge on any atom is -0.478 e. The van der Waals surface area contributed by atoms with Crippen molar-refractivity contribution in [1.29, 1.82) is 0 Å². The van der Waals surface area contributed by atoms with Crippen molar-refractivity contribution in [2.45, 2.75) is 6.92 Å². The van der Waals surface area contributed by atoms with Gasteiger partial charge in [0.2, 0.25) is 0 Å². The van der Waals surface area contributed by atoms with Crippen LogP contribution < -0.4 is 4.90 Å². The summed E-state index contributed by atoms with van der Waals surface area (Å²) in [6.45, 7) is 3.52. The molecule has 0 aliphatic carbocycles. The van der Waals surface area contributed by atoms with Crippen molar-refractivity contribution in [1.82, 2.24) is 0 Å². The number of carboxylic acids is 1. The number of carbonyl (C=O) groups is 1. The minimum atomic E-state index is -0.926. The summed E-state index contributed by atoms with van der Waals surface area (Å²) in [5.74, 6) is -0.926. The van der Waals surface area contributed by atoms with E-state index in [1.165, 1.54) is 0 Å². The van der Waals surface area contributed by atoms with E-state index in [2.05, 4.69) is 0 Å². The molecule has 0 aliphatic rings. The molecule has 1 rings (SSSR count). The zero-order valence-corrected chi connectivity index (χ0v) is 10.7. The van der Waals surface area contributed by atoms with Crippen LogP contribution in [0.1, 0.15) is 15.9 Å². The third-order valence-corrected chi connectivity index (χ3v) is 2.74. The first kappa shape index (κ1) is 14.5. The van der Waals surface area contributed by atoms with Gasteiger partial charge in [-0.15, -0.1) is 0 Å². The van der Waals surface area contributed by atoms with E-state index in [1.807, 2.05) is 11.0 Å². The number of hydrogen-bond donors (Lipinski definition) is 2. The largest absolute Gasteiger partial charge is 0.478 e. The van der Waals surface area contributed by atoms with Gasteiger partial charge in [0.1, 0.15) is 0 Å². The van der Waals surface area contributed by atoms with E-state index < -0.39 is 5.97 Å². The van der Waals surface area contributed by atoms with Crippen LogP contribution >= 0.6 is 0 Å². The molecule has 1 aromatic rings. The van der Waals surface area contributed by atoms with Crippen molar-refractivity contribution in [3.8, 4) is 0 Å². The van der Waals surface area contributed by atoms with E-state index in [1.54, 1.807) is 26.2 Å². The van der Waals surface area contributed by atoms with Crippen molar-refractivity contribution in [2.24, 2.45) is 0 Å². The summed E-state index contributed by atoms with van der Waals surface area (Å²) in [4.78, 5) is 12.9. The molecular weight excluding hydrogens is 234 g/mol. The maximum atomic E-state index is 10.9. The summed E-state index contributed by atoms with van der Waals surface area (Å²) in [6.07, 6.45) is 0. The lowest BCUT2D eigenvalue weighted by molar-refractivity contribution is 0.0696. The molecule has 0 spiro atoms. The van der Waals surface area contributed by atoms with Crippen LogP contribution in [0.5, 0.6) is 0 Å². The smallest absolute Gasteiger partial charge is 0.335 e. The number of ether oxygens (including phenoxy) is 1. The van der Waals surface area contributed by atoms with Crippen LogP contribution in [0.4, 0.5) is 5.69 Å². The minimum absolute atomic E-state index is 0.0451. The van der Waals surface area contributed by atoms with E-state index in [4.69, 9.17) is 14.9 Å². The van der Waals surface area contributed by atoms with Gasteiger partial charge in [0.15, 0.2) is 0 Å². The Bertz CT molecular complexity index is 406. The maximum Gasteiger partial charge on any atom is 0.335 e. The number of hydrogen-bond acceptors (Lipinski definition) is 4. The van der Waals surface area contributed by atoms with Gasteiger partial charge in [0.05, 0.1) is 18.8 Å². The zero-order valence-electron chi connectivity index (χ0n) is 10.7. The second-order valence-corrected chi connectivity index (χ2v) is 4.01. The molecule has 100 valence electrons. The van der Waals surface area contributed by atoms with Crippen LogP contribution in [0.3, 0.4) is 0 Å². The van der Waals surface area contributed by atoms with Crippen LogP contribution in [-0.4, -0.2) is 49.6 Å². The number of aromatic carboxylic acids is 1. The van der Waals surface area contributed by atoms with E-state index in [0.717, 1.165) is 5.69 Å². The average Bonchev–Trinajstić information content (AvgIpc) is 2.33. The molecule has 0 aliphatic heterocycles. The Labute approximate surface area is 107 Å². The Morgan fingerprint density at radius 1 is 1.39 bits per heavy atom. The third kappa shape index (κ3) is 3.72. The summed E-state index contributed by atoms with van der Waals surface area (Å²) in [6, 6.07) is 5.15. The van der Waals surface area contributed by atoms with Gasteiger partial charge in [-0.05, 0) is 30.7 Å². The number of anilines is 1. The number of rotatable bonds is 7. The Morgan fingerprint density at radius 3 is 2.61 bits per heavy atom. The molecule has 0 atom stereocenters. The second kappa shape index (κ2) is 6.98. The molecule has 0 saturated carbocycles. The summed E-state index contributed by atoms with van der Waals surface area (Å²) < 4.78 is 5.01. The quantitative estimate of drug-likeness (QED) is 0.762. The molecule has 18 heavy (non-hydrogen) atoms. The van der Waals surface area contributed by atoms with Crippen LogP contribution in [0, 0.1) is 6.92 Å². The summed E-state index contributed by atoms with van der Waals surface area (Å²) in [5, 5.41) is 18.0. The summed E-state index contributed by atoms with van der Waals surface area (Å²) in [5.41, 5.74) is 1.90. The average molecular weight is 253 g/mol. The standard InChI is InChI=1S/C13H19NO4/c1-10-9-11(3-4-12(10)13(16)17)14(5-7-15)6-8-18-2/h3-4,9,15H,5-8H2,1-2H3,(H,16,17). The molecule has 0 heterocycles. The number of aliphatic hydroxyl groups is 1. The van der Waals surface area contributed by atoms with Crippen molar-refractivity contribution in [3.05, 3.63) is 29.3 Å². The van der Waals surface area contributed by atoms with E-state index >= 15 is 0 Å². The molecule has 1 aromatic carbocycles. The fourth-order valence-corrected chi connectivity index (χ4v) is 1.78. The van der Waals surface area contributed by atoms with Gasteiger partial charge in [-0.1, -0.05) is 0 Å². The second-order valence-electron chi connectivity index (χ2n) is 4.01.